The van der Waals surface area contributed by atoms with E-state index >= 15 is 0 Å². The summed E-state index contributed by atoms with van der Waals surface area (Å²) in [6.45, 7) is 7.28. The third kappa shape index (κ3) is 9.59. The lowest BCUT2D eigenvalue weighted by Crippen LogP contribution is -2.68. The van der Waals surface area contributed by atoms with Crippen molar-refractivity contribution < 1.29 is 109 Å². The highest BCUT2D eigenvalue weighted by Crippen LogP contribution is 2.70. The van der Waals surface area contributed by atoms with Gasteiger partial charge in [0.15, 0.2) is 30.9 Å². The summed E-state index contributed by atoms with van der Waals surface area (Å²) in [5.74, 6) is 1.69. The molecule has 10 rings (SSSR count). The van der Waals surface area contributed by atoms with Crippen molar-refractivity contribution in [1.82, 2.24) is 5.32 Å². The number of rotatable bonds is 11. The highest BCUT2D eigenvalue weighted by Gasteiger charge is 2.68. The number of aliphatic hydroxyl groups excluding tert-OH is 12. The fourth-order valence-corrected chi connectivity index (χ4v) is 16.3. The molecule has 0 aromatic rings. The van der Waals surface area contributed by atoms with E-state index in [1.165, 1.54) is 0 Å². The van der Waals surface area contributed by atoms with Crippen LogP contribution in [0, 0.1) is 52.3 Å². The minimum Gasteiger partial charge on any atom is -0.394 e. The maximum absolute atomic E-state index is 11.9. The fourth-order valence-electron chi connectivity index (χ4n) is 16.3. The second-order valence-electron chi connectivity index (χ2n) is 24.2. The van der Waals surface area contributed by atoms with Crippen LogP contribution in [0.15, 0.2) is 0 Å². The molecular formula is C50H83NO22. The SMILES string of the molecule is CC1CNC2C(C)C3C(CC4C5CCC6CC(OC7OC(CO)C(OC8OC(CO)C(O)C(OC9OCC(O)C(O)C9O)C8OC8OC(CO)C(O)C(O)C8O)C(O)C7O)CCC6(C)C5CCC43C)OC2(O)C1. The Kier molecular flexibility index (Phi) is 16.1. The van der Waals surface area contributed by atoms with Gasteiger partial charge in [-0.15, -0.1) is 0 Å². The standard InChI is InChI=1S/C50H83NO22/c1-19-13-50(64)43(51-14-19)20(2)31-27(73-50)12-25-23-6-5-21-11-22(7-9-48(21,3)24(23)8-10-49(25,31)4)66-45-39(63)36(60)40(30(17-54)69-45)70-47-42(72-46-38(62)35(59)33(57)28(15-52)67-46)41(34(58)29(16-53)68-47)71-44-37(61)32(56)26(55)18-65-44/h19-47,51-64H,5-18H2,1-4H3. The van der Waals surface area contributed by atoms with Gasteiger partial charge >= 0.3 is 0 Å². The van der Waals surface area contributed by atoms with Gasteiger partial charge in [-0.1, -0.05) is 27.7 Å². The van der Waals surface area contributed by atoms with Crippen molar-refractivity contribution in [3.05, 3.63) is 0 Å². The first-order valence-electron chi connectivity index (χ1n) is 26.9. The number of fused-ring (bicyclic) bond motifs is 8. The van der Waals surface area contributed by atoms with Gasteiger partial charge in [-0.05, 0) is 110 Å². The quantitative estimate of drug-likeness (QED) is 0.0885. The lowest BCUT2D eigenvalue weighted by molar-refractivity contribution is -0.404. The molecule has 0 bridgehead atoms. The third-order valence-electron chi connectivity index (χ3n) is 20.1. The van der Waals surface area contributed by atoms with Crippen LogP contribution >= 0.6 is 0 Å². The zero-order valence-electron chi connectivity index (χ0n) is 42.1. The second kappa shape index (κ2) is 21.3. The number of hydrogen-bond donors (Lipinski definition) is 14. The van der Waals surface area contributed by atoms with Crippen LogP contribution in [0.5, 0.6) is 0 Å². The molecule has 10 aliphatic rings. The van der Waals surface area contributed by atoms with Gasteiger partial charge < -0.3 is 114 Å². The van der Waals surface area contributed by atoms with Gasteiger partial charge in [-0.3, -0.25) is 0 Å². The van der Waals surface area contributed by atoms with Gasteiger partial charge in [-0.2, -0.15) is 0 Å². The topological polar surface area (TPSA) is 358 Å². The lowest BCUT2D eigenvalue weighted by Gasteiger charge is -2.62. The molecule has 32 unspecified atom stereocenters. The van der Waals surface area contributed by atoms with Crippen LogP contribution in [0.4, 0.5) is 0 Å². The summed E-state index contributed by atoms with van der Waals surface area (Å²) in [5.41, 5.74) is 0.159. The second-order valence-corrected chi connectivity index (χ2v) is 24.2. The van der Waals surface area contributed by atoms with E-state index in [4.69, 9.17) is 42.6 Å². The molecule has 4 saturated carbocycles. The number of piperidine rings is 1. The number of hydrogen-bond acceptors (Lipinski definition) is 23. The normalized spacial score (nSPS) is 58.2. The van der Waals surface area contributed by atoms with Crippen LogP contribution < -0.4 is 5.32 Å². The van der Waals surface area contributed by atoms with E-state index < -0.39 is 149 Å². The highest BCUT2D eigenvalue weighted by atomic mass is 16.8. The first-order valence-corrected chi connectivity index (χ1v) is 26.9. The Hall–Kier alpha value is -0.920. The zero-order chi connectivity index (χ0) is 52.2. The van der Waals surface area contributed by atoms with Gasteiger partial charge in [0.1, 0.15) is 91.6 Å². The summed E-state index contributed by atoms with van der Waals surface area (Å²) in [4.78, 5) is 0. The summed E-state index contributed by atoms with van der Waals surface area (Å²) in [7, 11) is 0. The molecule has 420 valence electrons. The molecule has 6 heterocycles. The molecule has 6 aliphatic heterocycles. The molecule has 14 N–H and O–H groups in total. The number of aliphatic hydroxyl groups is 13. The van der Waals surface area contributed by atoms with Crippen molar-refractivity contribution in [2.75, 3.05) is 33.0 Å². The zero-order valence-corrected chi connectivity index (χ0v) is 42.1. The Morgan fingerprint density at radius 3 is 1.92 bits per heavy atom. The van der Waals surface area contributed by atoms with Crippen LogP contribution in [0.25, 0.3) is 0 Å². The summed E-state index contributed by atoms with van der Waals surface area (Å²) in [6.07, 6.45) is -25.1. The summed E-state index contributed by atoms with van der Waals surface area (Å²) in [5, 5.41) is 145. The first kappa shape index (κ1) is 55.4. The Balaban J connectivity index is 0.819. The monoisotopic (exact) mass is 1050 g/mol. The predicted molar refractivity (Wildman–Crippen MR) is 246 cm³/mol. The molecule has 73 heavy (non-hydrogen) atoms. The molecule has 4 aliphatic carbocycles. The van der Waals surface area contributed by atoms with Crippen molar-refractivity contribution in [3.63, 3.8) is 0 Å². The Bertz CT molecular complexity index is 1880. The van der Waals surface area contributed by atoms with E-state index in [9.17, 15) is 66.4 Å². The van der Waals surface area contributed by atoms with E-state index in [2.05, 4.69) is 33.0 Å². The summed E-state index contributed by atoms with van der Waals surface area (Å²) < 4.78 is 54.7. The smallest absolute Gasteiger partial charge is 0.187 e. The molecule has 6 saturated heterocycles. The van der Waals surface area contributed by atoms with Crippen molar-refractivity contribution in [3.8, 4) is 0 Å². The van der Waals surface area contributed by atoms with Crippen molar-refractivity contribution in [2.45, 2.75) is 226 Å². The molecule has 23 nitrogen and oxygen atoms in total. The first-order chi connectivity index (χ1) is 34.7. The lowest BCUT2D eigenvalue weighted by atomic mass is 9.44. The molecule has 0 radical (unpaired) electrons. The van der Waals surface area contributed by atoms with Crippen LogP contribution in [0.3, 0.4) is 0 Å². The van der Waals surface area contributed by atoms with Gasteiger partial charge in [0.25, 0.3) is 0 Å². The molecule has 23 heteroatoms. The molecule has 0 spiro atoms. The molecule has 10 fully saturated rings. The molecule has 32 atom stereocenters. The van der Waals surface area contributed by atoms with E-state index in [1.807, 2.05) is 0 Å². The minimum atomic E-state index is -2.00. The van der Waals surface area contributed by atoms with Crippen molar-refractivity contribution in [1.29, 1.82) is 0 Å². The van der Waals surface area contributed by atoms with Crippen LogP contribution in [0.2, 0.25) is 0 Å². The van der Waals surface area contributed by atoms with Gasteiger partial charge in [0.2, 0.25) is 0 Å². The Labute approximate surface area is 424 Å². The number of nitrogens with one attached hydrogen (secondary N) is 1. The maximum Gasteiger partial charge on any atom is 0.187 e. The van der Waals surface area contributed by atoms with Crippen LogP contribution in [-0.2, 0) is 42.6 Å². The van der Waals surface area contributed by atoms with Crippen LogP contribution in [-0.4, -0.2) is 240 Å². The van der Waals surface area contributed by atoms with Crippen LogP contribution in [0.1, 0.15) is 85.5 Å². The number of ether oxygens (including phenoxy) is 9. The molecular weight excluding hydrogens is 967 g/mol. The fraction of sp³-hybridized carbons (Fsp3) is 1.00. The van der Waals surface area contributed by atoms with Crippen molar-refractivity contribution in [2.24, 2.45) is 52.3 Å². The highest BCUT2D eigenvalue weighted by molar-refractivity contribution is 5.16. The van der Waals surface area contributed by atoms with E-state index in [0.717, 1.165) is 45.1 Å². The molecule has 0 aromatic carbocycles. The average molecular weight is 1050 g/mol. The van der Waals surface area contributed by atoms with Gasteiger partial charge in [0, 0.05) is 6.42 Å². The third-order valence-corrected chi connectivity index (χ3v) is 20.1. The predicted octanol–water partition coefficient (Wildman–Crippen LogP) is -3.73. The molecule has 0 amide bonds. The van der Waals surface area contributed by atoms with Gasteiger partial charge in [-0.25, -0.2) is 0 Å². The summed E-state index contributed by atoms with van der Waals surface area (Å²) >= 11 is 0. The van der Waals surface area contributed by atoms with E-state index in [1.54, 1.807) is 0 Å². The largest absolute Gasteiger partial charge is 0.394 e. The average Bonchev–Trinajstić information content (AvgIpc) is 3.66. The molecule has 0 aromatic heterocycles. The minimum absolute atomic E-state index is 0.0262. The van der Waals surface area contributed by atoms with E-state index in [0.29, 0.717) is 54.8 Å². The van der Waals surface area contributed by atoms with Crippen molar-refractivity contribution >= 4 is 0 Å². The maximum atomic E-state index is 11.9. The Morgan fingerprint density at radius 1 is 0.575 bits per heavy atom. The van der Waals surface area contributed by atoms with E-state index in [-0.39, 0.29) is 35.0 Å². The summed E-state index contributed by atoms with van der Waals surface area (Å²) in [6, 6.07) is -0.0811. The van der Waals surface area contributed by atoms with Gasteiger partial charge in [0.05, 0.1) is 44.7 Å². The Morgan fingerprint density at radius 2 is 1.19 bits per heavy atom.